The third-order valence-corrected chi connectivity index (χ3v) is 3.74. The summed E-state index contributed by atoms with van der Waals surface area (Å²) in [6, 6.07) is 6.98. The number of rotatable bonds is 0. The lowest BCUT2D eigenvalue weighted by molar-refractivity contribution is -0.136. The van der Waals surface area contributed by atoms with Gasteiger partial charge in [-0.15, -0.1) is 0 Å². The Morgan fingerprint density at radius 2 is 1.85 bits per heavy atom. The Morgan fingerprint density at radius 3 is 2.55 bits per heavy atom. The lowest BCUT2D eigenvalue weighted by Crippen LogP contribution is -2.44. The van der Waals surface area contributed by atoms with Gasteiger partial charge < -0.3 is 9.84 Å². The van der Waals surface area contributed by atoms with Gasteiger partial charge in [-0.05, 0) is 25.5 Å². The van der Waals surface area contributed by atoms with Crippen molar-refractivity contribution in [3.8, 4) is 0 Å². The second-order valence-corrected chi connectivity index (χ2v) is 5.41. The van der Waals surface area contributed by atoms with Crippen molar-refractivity contribution in [3.63, 3.8) is 0 Å². The van der Waals surface area contributed by atoms with E-state index in [1.165, 1.54) is 6.08 Å². The molecule has 2 aliphatic rings. The van der Waals surface area contributed by atoms with Crippen LogP contribution in [0, 0.1) is 5.92 Å². The maximum absolute atomic E-state index is 12.1. The summed E-state index contributed by atoms with van der Waals surface area (Å²) in [5.41, 5.74) is 0.267. The molecule has 3 rings (SSSR count). The predicted octanol–water partition coefficient (Wildman–Crippen LogP) is 3.00. The molecule has 2 unspecified atom stereocenters. The van der Waals surface area contributed by atoms with Crippen LogP contribution in [-0.4, -0.2) is 22.3 Å². The average molecular weight is 274 g/mol. The van der Waals surface area contributed by atoms with E-state index in [-0.39, 0.29) is 13.2 Å². The summed E-state index contributed by atoms with van der Waals surface area (Å²) in [6.07, 6.45) is 0.942. The van der Waals surface area contributed by atoms with Crippen LogP contribution in [0.2, 0.25) is 0 Å². The summed E-state index contributed by atoms with van der Waals surface area (Å²) < 4.78 is 5.84. The number of hydrogen-bond donors (Lipinski definition) is 1. The fraction of sp³-hybridized carbons (Fsp3) is 0.375. The molecule has 1 heterocycles. The molecule has 0 spiro atoms. The minimum absolute atomic E-state index is 0. The monoisotopic (exact) mass is 274 g/mol. The van der Waals surface area contributed by atoms with Crippen molar-refractivity contribution in [2.75, 3.05) is 0 Å². The maximum atomic E-state index is 12.1. The molecule has 0 saturated heterocycles. The lowest BCUT2D eigenvalue weighted by Gasteiger charge is -2.40. The highest BCUT2D eigenvalue weighted by Gasteiger charge is 2.47. The molecule has 0 fully saturated rings. The number of carbonyl (C=O) groups is 2. The van der Waals surface area contributed by atoms with Crippen LogP contribution in [0.15, 0.2) is 36.1 Å². The van der Waals surface area contributed by atoms with Gasteiger partial charge in [0.1, 0.15) is 11.4 Å². The third kappa shape index (κ3) is 1.88. The minimum atomic E-state index is -0.852. The van der Waals surface area contributed by atoms with Crippen molar-refractivity contribution >= 4 is 11.6 Å². The van der Waals surface area contributed by atoms with E-state index in [0.29, 0.717) is 11.1 Å². The van der Waals surface area contributed by atoms with Crippen LogP contribution in [-0.2, 0) is 9.53 Å². The van der Waals surface area contributed by atoms with Crippen molar-refractivity contribution in [3.05, 3.63) is 47.2 Å². The summed E-state index contributed by atoms with van der Waals surface area (Å²) in [5, 5.41) is 9.90. The summed E-state index contributed by atoms with van der Waals surface area (Å²) >= 11 is 0. The Labute approximate surface area is 118 Å². The number of aliphatic hydroxyl groups excluding tert-OH is 1. The smallest absolute Gasteiger partial charge is 0.229 e. The number of ether oxygens (including phenoxy) is 1. The van der Waals surface area contributed by atoms with E-state index in [1.54, 1.807) is 32.0 Å². The first kappa shape index (κ1) is 14.5. The Kier molecular flexibility index (Phi) is 3.30. The number of carbonyl (C=O) groups excluding carboxylic acids is 2. The largest absolute Gasteiger partial charge is 0.510 e. The van der Waals surface area contributed by atoms with Crippen LogP contribution in [0.5, 0.6) is 0 Å². The number of benzene rings is 1. The van der Waals surface area contributed by atoms with E-state index in [1.807, 2.05) is 6.07 Å². The van der Waals surface area contributed by atoms with Gasteiger partial charge in [-0.1, -0.05) is 31.7 Å². The highest BCUT2D eigenvalue weighted by Crippen LogP contribution is 2.43. The van der Waals surface area contributed by atoms with Gasteiger partial charge in [0, 0.05) is 5.56 Å². The van der Waals surface area contributed by atoms with Crippen molar-refractivity contribution < 1.29 is 19.4 Å². The van der Waals surface area contributed by atoms with E-state index < -0.39 is 29.2 Å². The van der Waals surface area contributed by atoms with Crippen molar-refractivity contribution in [2.45, 2.75) is 33.0 Å². The zero-order valence-electron chi connectivity index (χ0n) is 10.7. The van der Waals surface area contributed by atoms with E-state index in [9.17, 15) is 14.7 Å². The standard InChI is InChI=1S/C15H14O4.CH4/c1-15(2)11(16)7-10-13(18)12(17)8-5-3-4-6-9(8)14(10)19-15;/h3-7,10,14,16H,1-2H3;1H4. The highest BCUT2D eigenvalue weighted by molar-refractivity contribution is 6.46. The molecule has 0 amide bonds. The van der Waals surface area contributed by atoms with Crippen molar-refractivity contribution in [1.29, 1.82) is 0 Å². The molecule has 106 valence electrons. The quantitative estimate of drug-likeness (QED) is 0.739. The van der Waals surface area contributed by atoms with Crippen LogP contribution in [0.3, 0.4) is 0 Å². The number of ketones is 2. The van der Waals surface area contributed by atoms with Crippen molar-refractivity contribution in [2.24, 2.45) is 5.92 Å². The molecule has 0 radical (unpaired) electrons. The number of Topliss-reactive ketones (excluding diaryl/α,β-unsaturated/α-hetero) is 2. The first-order valence-electron chi connectivity index (χ1n) is 6.18. The summed E-state index contributed by atoms with van der Waals surface area (Å²) in [7, 11) is 0. The summed E-state index contributed by atoms with van der Waals surface area (Å²) in [6.45, 7) is 3.47. The van der Waals surface area contributed by atoms with Gasteiger partial charge >= 0.3 is 0 Å². The van der Waals surface area contributed by atoms with E-state index in [0.717, 1.165) is 0 Å². The van der Waals surface area contributed by atoms with Gasteiger partial charge in [0.2, 0.25) is 11.6 Å². The molecule has 20 heavy (non-hydrogen) atoms. The zero-order chi connectivity index (χ0) is 13.8. The fourth-order valence-electron chi connectivity index (χ4n) is 2.62. The second-order valence-electron chi connectivity index (χ2n) is 5.41. The zero-order valence-corrected chi connectivity index (χ0v) is 10.7. The maximum Gasteiger partial charge on any atom is 0.229 e. The first-order valence-corrected chi connectivity index (χ1v) is 6.18. The van der Waals surface area contributed by atoms with Crippen LogP contribution >= 0.6 is 0 Å². The lowest BCUT2D eigenvalue weighted by atomic mass is 9.77. The van der Waals surface area contributed by atoms with Gasteiger partial charge in [-0.3, -0.25) is 9.59 Å². The van der Waals surface area contributed by atoms with Gasteiger partial charge in [-0.2, -0.15) is 0 Å². The van der Waals surface area contributed by atoms with Crippen LogP contribution in [0.1, 0.15) is 43.3 Å². The van der Waals surface area contributed by atoms with Crippen molar-refractivity contribution in [1.82, 2.24) is 0 Å². The molecule has 1 aliphatic heterocycles. The third-order valence-electron chi connectivity index (χ3n) is 3.74. The van der Waals surface area contributed by atoms with Gasteiger partial charge in [-0.25, -0.2) is 0 Å². The molecule has 1 N–H and O–H groups in total. The molecule has 4 nitrogen and oxygen atoms in total. The molecule has 1 aromatic carbocycles. The normalized spacial score (nSPS) is 27.0. The second kappa shape index (κ2) is 4.56. The predicted molar refractivity (Wildman–Crippen MR) is 74.6 cm³/mol. The van der Waals surface area contributed by atoms with Crippen LogP contribution in [0.25, 0.3) is 0 Å². The number of aliphatic hydroxyl groups is 1. The average Bonchev–Trinajstić information content (AvgIpc) is 2.38. The minimum Gasteiger partial charge on any atom is -0.510 e. The highest BCUT2D eigenvalue weighted by atomic mass is 16.5. The molecule has 4 heteroatoms. The summed E-state index contributed by atoms with van der Waals surface area (Å²) in [4.78, 5) is 24.1. The Hall–Kier alpha value is -1.94. The van der Waals surface area contributed by atoms with E-state index in [4.69, 9.17) is 4.74 Å². The molecule has 0 saturated carbocycles. The molecule has 0 aromatic heterocycles. The number of fused-ring (bicyclic) bond motifs is 3. The topological polar surface area (TPSA) is 63.6 Å². The SMILES string of the molecule is C.CC1(C)OC2c3ccccc3C(=O)C(=O)C2C=C1O. The van der Waals surface area contributed by atoms with Gasteiger partial charge in [0.15, 0.2) is 0 Å². The molecule has 0 bridgehead atoms. The fourth-order valence-corrected chi connectivity index (χ4v) is 2.62. The number of hydrogen-bond acceptors (Lipinski definition) is 4. The Morgan fingerprint density at radius 1 is 1.20 bits per heavy atom. The molecule has 1 aromatic rings. The Balaban J connectivity index is 0.00000147. The Bertz CT molecular complexity index is 613. The van der Waals surface area contributed by atoms with E-state index >= 15 is 0 Å². The van der Waals surface area contributed by atoms with Crippen LogP contribution in [0.4, 0.5) is 0 Å². The summed E-state index contributed by atoms with van der Waals surface area (Å²) in [5.74, 6) is -1.76. The van der Waals surface area contributed by atoms with Crippen LogP contribution < -0.4 is 0 Å². The van der Waals surface area contributed by atoms with Gasteiger partial charge in [0.05, 0.1) is 12.0 Å². The first-order chi connectivity index (χ1) is 8.92. The molecule has 1 aliphatic carbocycles. The van der Waals surface area contributed by atoms with E-state index in [2.05, 4.69) is 0 Å². The molecular formula is C16H18O4. The molecular weight excluding hydrogens is 256 g/mol. The van der Waals surface area contributed by atoms with Gasteiger partial charge in [0.25, 0.3) is 0 Å². The molecule has 2 atom stereocenters.